The monoisotopic (exact) mass is 274 g/mol. The molecule has 18 heavy (non-hydrogen) atoms. The zero-order chi connectivity index (χ0) is 13.6. The molecule has 0 heterocycles. The summed E-state index contributed by atoms with van der Waals surface area (Å²) in [5.41, 5.74) is 0.648. The fraction of sp³-hybridized carbons (Fsp3) is 0.455. The minimum Gasteiger partial charge on any atom is -0.504 e. The molecule has 1 rings (SSSR count). The van der Waals surface area contributed by atoms with Gasteiger partial charge < -0.3 is 15.2 Å². The van der Waals surface area contributed by atoms with Crippen LogP contribution in [0.3, 0.4) is 0 Å². The number of para-hydroxylation sites is 1. The lowest BCUT2D eigenvalue weighted by Gasteiger charge is -2.10. The summed E-state index contributed by atoms with van der Waals surface area (Å²) in [5.74, 6) is 0.351. The fourth-order valence-corrected chi connectivity index (χ4v) is 1.85. The number of primary sulfonamides is 1. The highest BCUT2D eigenvalue weighted by Gasteiger charge is 2.08. The molecule has 0 saturated heterocycles. The molecule has 0 amide bonds. The second-order valence-electron chi connectivity index (χ2n) is 3.74. The molecule has 0 saturated carbocycles. The van der Waals surface area contributed by atoms with E-state index in [-0.39, 0.29) is 18.0 Å². The first-order valence-electron chi connectivity index (χ1n) is 5.59. The van der Waals surface area contributed by atoms with Gasteiger partial charge in [0.2, 0.25) is 10.0 Å². The van der Waals surface area contributed by atoms with Gasteiger partial charge >= 0.3 is 0 Å². The SMILES string of the molecule is CCOc1cccc(CNCCS(N)(=O)=O)c1O. The van der Waals surface area contributed by atoms with Crippen LogP contribution in [-0.4, -0.2) is 32.4 Å². The molecule has 0 aliphatic carbocycles. The number of phenols is 1. The van der Waals surface area contributed by atoms with Crippen LogP contribution in [0, 0.1) is 0 Å². The number of nitrogens with one attached hydrogen (secondary N) is 1. The van der Waals surface area contributed by atoms with E-state index < -0.39 is 10.0 Å². The van der Waals surface area contributed by atoms with E-state index in [1.54, 1.807) is 18.2 Å². The van der Waals surface area contributed by atoms with Crippen LogP contribution in [0.4, 0.5) is 0 Å². The Kier molecular flexibility index (Phi) is 5.39. The standard InChI is InChI=1S/C11H18N2O4S/c1-2-17-10-5-3-4-9(11(10)14)8-13-6-7-18(12,15)16/h3-5,13-14H,2,6-8H2,1H3,(H2,12,15,16). The predicted molar refractivity (Wildman–Crippen MR) is 69.0 cm³/mol. The fourth-order valence-electron chi connectivity index (χ4n) is 1.42. The normalized spacial score (nSPS) is 11.4. The number of hydrogen-bond donors (Lipinski definition) is 3. The van der Waals surface area contributed by atoms with E-state index >= 15 is 0 Å². The van der Waals surface area contributed by atoms with Gasteiger partial charge in [0.05, 0.1) is 12.4 Å². The molecule has 1 aromatic carbocycles. The van der Waals surface area contributed by atoms with Gasteiger partial charge in [-0.05, 0) is 13.0 Å². The lowest BCUT2D eigenvalue weighted by Crippen LogP contribution is -2.26. The molecule has 4 N–H and O–H groups in total. The van der Waals surface area contributed by atoms with E-state index in [1.165, 1.54) is 0 Å². The van der Waals surface area contributed by atoms with Crippen molar-refractivity contribution >= 4 is 10.0 Å². The maximum atomic E-state index is 10.7. The topological polar surface area (TPSA) is 102 Å². The lowest BCUT2D eigenvalue weighted by atomic mass is 10.2. The van der Waals surface area contributed by atoms with Gasteiger partial charge in [0.1, 0.15) is 0 Å². The summed E-state index contributed by atoms with van der Waals surface area (Å²) < 4.78 is 26.7. The number of ether oxygens (including phenoxy) is 1. The summed E-state index contributed by atoms with van der Waals surface area (Å²) >= 11 is 0. The molecule has 0 spiro atoms. The number of nitrogens with two attached hydrogens (primary N) is 1. The van der Waals surface area contributed by atoms with Gasteiger partial charge in [0.25, 0.3) is 0 Å². The van der Waals surface area contributed by atoms with Gasteiger partial charge in [0.15, 0.2) is 11.5 Å². The molecule has 0 aromatic heterocycles. The average Bonchev–Trinajstić information content (AvgIpc) is 2.28. The van der Waals surface area contributed by atoms with Crippen molar-refractivity contribution in [2.75, 3.05) is 18.9 Å². The minimum absolute atomic E-state index is 0.0717. The maximum Gasteiger partial charge on any atom is 0.210 e. The summed E-state index contributed by atoms with van der Waals surface area (Å²) in [5, 5.41) is 17.6. The van der Waals surface area contributed by atoms with Crippen LogP contribution in [0.1, 0.15) is 12.5 Å². The molecule has 102 valence electrons. The van der Waals surface area contributed by atoms with Crippen molar-refractivity contribution in [2.45, 2.75) is 13.5 Å². The van der Waals surface area contributed by atoms with Gasteiger partial charge in [-0.2, -0.15) is 0 Å². The molecule has 0 aliphatic rings. The van der Waals surface area contributed by atoms with E-state index in [2.05, 4.69) is 5.32 Å². The molecule has 0 aliphatic heterocycles. The first kappa shape index (κ1) is 14.7. The Labute approximate surface area is 107 Å². The number of rotatable bonds is 7. The molecular weight excluding hydrogens is 256 g/mol. The molecule has 0 bridgehead atoms. The van der Waals surface area contributed by atoms with E-state index in [4.69, 9.17) is 9.88 Å². The first-order chi connectivity index (χ1) is 8.44. The lowest BCUT2D eigenvalue weighted by molar-refractivity contribution is 0.316. The zero-order valence-electron chi connectivity index (χ0n) is 10.2. The average molecular weight is 274 g/mol. The number of benzene rings is 1. The van der Waals surface area contributed by atoms with Crippen LogP contribution in [0.2, 0.25) is 0 Å². The number of sulfonamides is 1. The van der Waals surface area contributed by atoms with Crippen molar-refractivity contribution in [3.8, 4) is 11.5 Å². The van der Waals surface area contributed by atoms with Crippen molar-refractivity contribution in [3.63, 3.8) is 0 Å². The Morgan fingerprint density at radius 3 is 2.78 bits per heavy atom. The third-order valence-electron chi connectivity index (χ3n) is 2.26. The minimum atomic E-state index is -3.46. The highest BCUT2D eigenvalue weighted by molar-refractivity contribution is 7.89. The molecule has 0 fully saturated rings. The summed E-state index contributed by atoms with van der Waals surface area (Å²) in [7, 11) is -3.46. The van der Waals surface area contributed by atoms with Crippen LogP contribution in [-0.2, 0) is 16.6 Å². The summed E-state index contributed by atoms with van der Waals surface area (Å²) in [6.07, 6.45) is 0. The zero-order valence-corrected chi connectivity index (χ0v) is 11.0. The quantitative estimate of drug-likeness (QED) is 0.615. The van der Waals surface area contributed by atoms with Gasteiger partial charge in [-0.3, -0.25) is 0 Å². The molecule has 0 atom stereocenters. The highest BCUT2D eigenvalue weighted by Crippen LogP contribution is 2.29. The number of phenolic OH excluding ortho intramolecular Hbond substituents is 1. The van der Waals surface area contributed by atoms with Crippen LogP contribution in [0.5, 0.6) is 11.5 Å². The van der Waals surface area contributed by atoms with Crippen molar-refractivity contribution in [2.24, 2.45) is 5.14 Å². The molecular formula is C11H18N2O4S. The van der Waals surface area contributed by atoms with Gasteiger partial charge in [-0.25, -0.2) is 13.6 Å². The summed E-state index contributed by atoms with van der Waals surface area (Å²) in [6.45, 7) is 2.88. The van der Waals surface area contributed by atoms with Crippen LogP contribution in [0.15, 0.2) is 18.2 Å². The largest absolute Gasteiger partial charge is 0.504 e. The second kappa shape index (κ2) is 6.58. The predicted octanol–water partition coefficient (Wildman–Crippen LogP) is 0.169. The third kappa shape index (κ3) is 4.91. The Morgan fingerprint density at radius 2 is 2.17 bits per heavy atom. The molecule has 0 radical (unpaired) electrons. The smallest absolute Gasteiger partial charge is 0.210 e. The van der Waals surface area contributed by atoms with Crippen LogP contribution >= 0.6 is 0 Å². The Bertz CT molecular complexity index is 488. The van der Waals surface area contributed by atoms with Crippen LogP contribution < -0.4 is 15.2 Å². The third-order valence-corrected chi connectivity index (χ3v) is 3.03. The molecule has 6 nitrogen and oxygen atoms in total. The second-order valence-corrected chi connectivity index (χ2v) is 5.47. The van der Waals surface area contributed by atoms with Crippen molar-refractivity contribution in [1.29, 1.82) is 0 Å². The van der Waals surface area contributed by atoms with Crippen LogP contribution in [0.25, 0.3) is 0 Å². The van der Waals surface area contributed by atoms with E-state index in [1.807, 2.05) is 6.92 Å². The summed E-state index contributed by atoms with van der Waals surface area (Å²) in [6, 6.07) is 5.18. The Hall–Kier alpha value is -1.31. The van der Waals surface area contributed by atoms with Crippen molar-refractivity contribution in [3.05, 3.63) is 23.8 Å². The highest BCUT2D eigenvalue weighted by atomic mass is 32.2. The maximum absolute atomic E-state index is 10.7. The molecule has 1 aromatic rings. The van der Waals surface area contributed by atoms with Gasteiger partial charge in [0, 0.05) is 18.7 Å². The van der Waals surface area contributed by atoms with Gasteiger partial charge in [-0.1, -0.05) is 12.1 Å². The number of aromatic hydroxyl groups is 1. The number of hydrogen-bond acceptors (Lipinski definition) is 5. The molecule has 7 heteroatoms. The van der Waals surface area contributed by atoms with Crippen molar-refractivity contribution in [1.82, 2.24) is 5.32 Å². The van der Waals surface area contributed by atoms with Crippen molar-refractivity contribution < 1.29 is 18.3 Å². The summed E-state index contributed by atoms with van der Waals surface area (Å²) in [4.78, 5) is 0. The molecule has 0 unspecified atom stereocenters. The Morgan fingerprint density at radius 1 is 1.44 bits per heavy atom. The Balaban J connectivity index is 2.55. The van der Waals surface area contributed by atoms with E-state index in [9.17, 15) is 13.5 Å². The van der Waals surface area contributed by atoms with E-state index in [0.717, 1.165) is 0 Å². The first-order valence-corrected chi connectivity index (χ1v) is 7.30. The van der Waals surface area contributed by atoms with E-state index in [0.29, 0.717) is 24.5 Å². The van der Waals surface area contributed by atoms with Gasteiger partial charge in [-0.15, -0.1) is 0 Å².